The first-order chi connectivity index (χ1) is 17.0. The normalized spacial score (nSPS) is 15.3. The largest absolute Gasteiger partial charge is 0.340 e. The van der Waals surface area contributed by atoms with Crippen LogP contribution in [0.5, 0.6) is 0 Å². The van der Waals surface area contributed by atoms with Crippen molar-refractivity contribution in [2.24, 2.45) is 5.92 Å². The molecule has 0 spiro atoms. The van der Waals surface area contributed by atoms with E-state index in [1.165, 1.54) is 34.1 Å². The second-order valence-corrected chi connectivity index (χ2v) is 11.0. The summed E-state index contributed by atoms with van der Waals surface area (Å²) in [5, 5.41) is 2.98. The van der Waals surface area contributed by atoms with Gasteiger partial charge in [0.15, 0.2) is 0 Å². The van der Waals surface area contributed by atoms with Crippen LogP contribution >= 0.6 is 23.2 Å². The van der Waals surface area contributed by atoms with Crippen molar-refractivity contribution in [3.05, 3.63) is 94.0 Å². The van der Waals surface area contributed by atoms with Crippen molar-refractivity contribution in [2.75, 3.05) is 13.1 Å². The van der Waals surface area contributed by atoms with E-state index >= 15 is 0 Å². The summed E-state index contributed by atoms with van der Waals surface area (Å²) < 4.78 is 2.57. The van der Waals surface area contributed by atoms with Gasteiger partial charge in [0.25, 0.3) is 0 Å². The van der Waals surface area contributed by atoms with Crippen molar-refractivity contribution in [1.82, 2.24) is 9.47 Å². The van der Waals surface area contributed by atoms with Gasteiger partial charge in [-0.1, -0.05) is 91.6 Å². The van der Waals surface area contributed by atoms with E-state index in [-0.39, 0.29) is 0 Å². The van der Waals surface area contributed by atoms with Crippen LogP contribution in [-0.4, -0.2) is 22.6 Å². The standard InChI is InChI=1S/C31H34Cl2N2/c1-22(2)15-20-35-29-14-7-6-11-25(29)26(31(35)24-9-4-3-5-10-24)21-34-18-16-23(17-19-34)30-27(32)12-8-13-28(30)33/h3-14,22-23H,15-21H2,1-2H3. The Hall–Kier alpha value is -2.26. The Morgan fingerprint density at radius 2 is 1.49 bits per heavy atom. The molecule has 4 heteroatoms. The third-order valence-electron chi connectivity index (χ3n) is 7.43. The van der Waals surface area contributed by atoms with Gasteiger partial charge in [0, 0.05) is 34.0 Å². The van der Waals surface area contributed by atoms with Gasteiger partial charge >= 0.3 is 0 Å². The van der Waals surface area contributed by atoms with Gasteiger partial charge in [-0.25, -0.2) is 0 Å². The lowest BCUT2D eigenvalue weighted by Crippen LogP contribution is -2.32. The van der Waals surface area contributed by atoms with E-state index in [2.05, 4.69) is 77.9 Å². The van der Waals surface area contributed by atoms with Crippen LogP contribution in [0.25, 0.3) is 22.2 Å². The van der Waals surface area contributed by atoms with Crippen molar-refractivity contribution in [2.45, 2.75) is 52.1 Å². The lowest BCUT2D eigenvalue weighted by molar-refractivity contribution is 0.205. The van der Waals surface area contributed by atoms with Crippen molar-refractivity contribution in [3.63, 3.8) is 0 Å². The zero-order valence-corrected chi connectivity index (χ0v) is 22.2. The molecule has 1 fully saturated rings. The number of piperidine rings is 1. The van der Waals surface area contributed by atoms with Crippen LogP contribution in [0, 0.1) is 5.92 Å². The van der Waals surface area contributed by atoms with E-state index in [1.807, 2.05) is 18.2 Å². The van der Waals surface area contributed by atoms with Gasteiger partial charge in [0.2, 0.25) is 0 Å². The first kappa shape index (κ1) is 24.4. The quantitative estimate of drug-likeness (QED) is 0.243. The van der Waals surface area contributed by atoms with Gasteiger partial charge in [-0.2, -0.15) is 0 Å². The summed E-state index contributed by atoms with van der Waals surface area (Å²) in [7, 11) is 0. The molecular weight excluding hydrogens is 471 g/mol. The molecule has 0 radical (unpaired) electrons. The Kier molecular flexibility index (Phi) is 7.53. The number of aromatic nitrogens is 1. The number of fused-ring (bicyclic) bond motifs is 1. The van der Waals surface area contributed by atoms with Crippen molar-refractivity contribution >= 4 is 34.1 Å². The van der Waals surface area contributed by atoms with Gasteiger partial charge in [-0.3, -0.25) is 4.90 Å². The van der Waals surface area contributed by atoms with E-state index in [1.54, 1.807) is 0 Å². The summed E-state index contributed by atoms with van der Waals surface area (Å²) >= 11 is 13.1. The van der Waals surface area contributed by atoms with E-state index in [0.29, 0.717) is 11.8 Å². The molecule has 182 valence electrons. The van der Waals surface area contributed by atoms with Gasteiger partial charge in [0.05, 0.1) is 5.69 Å². The molecule has 2 heterocycles. The summed E-state index contributed by atoms with van der Waals surface area (Å²) in [6.45, 7) is 8.71. The summed E-state index contributed by atoms with van der Waals surface area (Å²) in [5.41, 5.74) is 6.61. The number of rotatable bonds is 7. The second-order valence-electron chi connectivity index (χ2n) is 10.2. The molecule has 0 amide bonds. The molecule has 1 aliphatic heterocycles. The average molecular weight is 506 g/mol. The van der Waals surface area contributed by atoms with Crippen LogP contribution in [0.4, 0.5) is 0 Å². The Bertz CT molecular complexity index is 1260. The summed E-state index contributed by atoms with van der Waals surface area (Å²) in [4.78, 5) is 2.61. The van der Waals surface area contributed by atoms with Gasteiger partial charge in [0.1, 0.15) is 0 Å². The summed E-state index contributed by atoms with van der Waals surface area (Å²) in [5.74, 6) is 1.09. The number of aryl methyl sites for hydroxylation is 1. The van der Waals surface area contributed by atoms with Gasteiger partial charge in [-0.15, -0.1) is 0 Å². The highest BCUT2D eigenvalue weighted by molar-refractivity contribution is 6.36. The molecule has 0 bridgehead atoms. The fourth-order valence-electron chi connectivity index (χ4n) is 5.58. The van der Waals surface area contributed by atoms with Gasteiger partial charge < -0.3 is 4.57 Å². The van der Waals surface area contributed by atoms with E-state index < -0.39 is 0 Å². The number of hydrogen-bond acceptors (Lipinski definition) is 1. The predicted molar refractivity (Wildman–Crippen MR) is 151 cm³/mol. The lowest BCUT2D eigenvalue weighted by atomic mass is 9.89. The molecule has 3 aromatic carbocycles. The van der Waals surface area contributed by atoms with Crippen LogP contribution in [0.3, 0.4) is 0 Å². The lowest BCUT2D eigenvalue weighted by Gasteiger charge is -2.33. The molecule has 5 rings (SSSR count). The van der Waals surface area contributed by atoms with Crippen LogP contribution in [-0.2, 0) is 13.1 Å². The van der Waals surface area contributed by atoms with Crippen molar-refractivity contribution in [3.8, 4) is 11.3 Å². The highest BCUT2D eigenvalue weighted by Crippen LogP contribution is 2.39. The molecule has 0 saturated carbocycles. The number of halogens is 2. The first-order valence-electron chi connectivity index (χ1n) is 12.8. The van der Waals surface area contributed by atoms with Crippen LogP contribution in [0.15, 0.2) is 72.8 Å². The summed E-state index contributed by atoms with van der Waals surface area (Å²) in [6, 6.07) is 25.7. The monoisotopic (exact) mass is 504 g/mol. The predicted octanol–water partition coefficient (Wildman–Crippen LogP) is 9.04. The topological polar surface area (TPSA) is 8.17 Å². The van der Waals surface area contributed by atoms with Crippen LogP contribution in [0.2, 0.25) is 10.0 Å². The SMILES string of the molecule is CC(C)CCn1c(-c2ccccc2)c(CN2CCC(c3c(Cl)cccc3Cl)CC2)c2ccccc21. The molecule has 0 N–H and O–H groups in total. The molecule has 0 aliphatic carbocycles. The molecular formula is C31H34Cl2N2. The first-order valence-corrected chi connectivity index (χ1v) is 13.6. The maximum Gasteiger partial charge on any atom is 0.0537 e. The van der Waals surface area contributed by atoms with Gasteiger partial charge in [-0.05, 0) is 79.1 Å². The molecule has 1 aliphatic rings. The Balaban J connectivity index is 1.47. The summed E-state index contributed by atoms with van der Waals surface area (Å²) in [6.07, 6.45) is 3.33. The molecule has 35 heavy (non-hydrogen) atoms. The number of hydrogen-bond donors (Lipinski definition) is 0. The average Bonchev–Trinajstić information content (AvgIpc) is 3.17. The minimum absolute atomic E-state index is 0.424. The highest BCUT2D eigenvalue weighted by Gasteiger charge is 2.26. The minimum Gasteiger partial charge on any atom is -0.340 e. The maximum atomic E-state index is 6.54. The third kappa shape index (κ3) is 5.16. The van der Waals surface area contributed by atoms with Crippen molar-refractivity contribution < 1.29 is 0 Å². The minimum atomic E-state index is 0.424. The molecule has 1 saturated heterocycles. The van der Waals surface area contributed by atoms with E-state index in [0.717, 1.165) is 54.6 Å². The fourth-order valence-corrected chi connectivity index (χ4v) is 6.29. The van der Waals surface area contributed by atoms with Crippen molar-refractivity contribution in [1.29, 1.82) is 0 Å². The molecule has 4 aromatic rings. The number of nitrogens with zero attached hydrogens (tertiary/aromatic N) is 2. The molecule has 0 unspecified atom stereocenters. The Morgan fingerprint density at radius 3 is 2.17 bits per heavy atom. The Labute approximate surface area is 219 Å². The number of para-hydroxylation sites is 1. The number of likely N-dealkylation sites (tertiary alicyclic amines) is 1. The molecule has 1 aromatic heterocycles. The van der Waals surface area contributed by atoms with E-state index in [9.17, 15) is 0 Å². The van der Waals surface area contributed by atoms with Crippen LogP contribution in [0.1, 0.15) is 50.2 Å². The van der Waals surface area contributed by atoms with Crippen LogP contribution < -0.4 is 0 Å². The van der Waals surface area contributed by atoms with E-state index in [4.69, 9.17) is 23.2 Å². The smallest absolute Gasteiger partial charge is 0.0537 e. The Morgan fingerprint density at radius 1 is 0.829 bits per heavy atom. The molecule has 0 atom stereocenters. The third-order valence-corrected chi connectivity index (χ3v) is 8.09. The fraction of sp³-hybridized carbons (Fsp3) is 0.355. The zero-order chi connectivity index (χ0) is 24.4. The highest BCUT2D eigenvalue weighted by atomic mass is 35.5. The second kappa shape index (κ2) is 10.8. The maximum absolute atomic E-state index is 6.54. The zero-order valence-electron chi connectivity index (χ0n) is 20.7. The number of benzene rings is 3. The molecule has 2 nitrogen and oxygen atoms in total.